The molecule has 18 heavy (non-hydrogen) atoms. The van der Waals surface area contributed by atoms with Crippen molar-refractivity contribution in [3.63, 3.8) is 0 Å². The Labute approximate surface area is 109 Å². The van der Waals surface area contributed by atoms with Crippen LogP contribution in [-0.4, -0.2) is 11.9 Å². The molecule has 1 aliphatic rings. The first-order valence-electron chi connectivity index (χ1n) is 6.60. The summed E-state index contributed by atoms with van der Waals surface area (Å²) in [4.78, 5) is 11.5. The van der Waals surface area contributed by atoms with E-state index in [0.717, 1.165) is 6.42 Å². The van der Waals surface area contributed by atoms with Gasteiger partial charge >= 0.3 is 0 Å². The van der Waals surface area contributed by atoms with Crippen LogP contribution in [0.2, 0.25) is 0 Å². The number of hydrogen-bond donors (Lipinski definition) is 2. The Hall–Kier alpha value is -1.35. The molecule has 1 aromatic rings. The second-order valence-electron chi connectivity index (χ2n) is 5.77. The van der Waals surface area contributed by atoms with Crippen LogP contribution >= 0.6 is 0 Å². The zero-order valence-electron chi connectivity index (χ0n) is 11.1. The van der Waals surface area contributed by atoms with E-state index < -0.39 is 0 Å². The van der Waals surface area contributed by atoms with Crippen molar-refractivity contribution in [1.29, 1.82) is 0 Å². The van der Waals surface area contributed by atoms with E-state index in [1.165, 1.54) is 18.4 Å². The Kier molecular flexibility index (Phi) is 3.71. The van der Waals surface area contributed by atoms with Crippen LogP contribution in [0.4, 0.5) is 0 Å². The van der Waals surface area contributed by atoms with Gasteiger partial charge < -0.3 is 5.73 Å². The largest absolute Gasteiger partial charge is 0.368 e. The number of rotatable bonds is 6. The third-order valence-corrected chi connectivity index (χ3v) is 3.89. The van der Waals surface area contributed by atoms with Gasteiger partial charge in [-0.05, 0) is 37.2 Å². The molecule has 1 fully saturated rings. The van der Waals surface area contributed by atoms with Crippen molar-refractivity contribution in [3.8, 4) is 0 Å². The van der Waals surface area contributed by atoms with Gasteiger partial charge in [-0.1, -0.05) is 37.3 Å². The van der Waals surface area contributed by atoms with E-state index >= 15 is 0 Å². The minimum Gasteiger partial charge on any atom is -0.368 e. The summed E-state index contributed by atoms with van der Waals surface area (Å²) in [5, 5.41) is 3.35. The molecule has 0 heterocycles. The van der Waals surface area contributed by atoms with Gasteiger partial charge in [0.15, 0.2) is 0 Å². The SMILES string of the molecule is C[C@@H](N[C@H](CC1(C)CC1)C(N)=O)c1ccccc1. The fourth-order valence-corrected chi connectivity index (χ4v) is 2.29. The van der Waals surface area contributed by atoms with Crippen LogP contribution in [0.25, 0.3) is 0 Å². The van der Waals surface area contributed by atoms with Gasteiger partial charge in [0.1, 0.15) is 0 Å². The molecular weight excluding hydrogens is 224 g/mol. The summed E-state index contributed by atoms with van der Waals surface area (Å²) in [6.07, 6.45) is 3.26. The van der Waals surface area contributed by atoms with E-state index in [1.807, 2.05) is 18.2 Å². The molecular formula is C15H22N2O. The molecule has 0 saturated heterocycles. The van der Waals surface area contributed by atoms with E-state index in [2.05, 4.69) is 31.3 Å². The van der Waals surface area contributed by atoms with Crippen LogP contribution in [0.3, 0.4) is 0 Å². The van der Waals surface area contributed by atoms with Gasteiger partial charge in [-0.3, -0.25) is 10.1 Å². The summed E-state index contributed by atoms with van der Waals surface area (Å²) in [7, 11) is 0. The second-order valence-corrected chi connectivity index (χ2v) is 5.77. The Morgan fingerprint density at radius 2 is 2.00 bits per heavy atom. The number of nitrogens with two attached hydrogens (primary N) is 1. The van der Waals surface area contributed by atoms with Gasteiger partial charge in [-0.15, -0.1) is 0 Å². The molecule has 1 aliphatic carbocycles. The van der Waals surface area contributed by atoms with Crippen LogP contribution in [0.15, 0.2) is 30.3 Å². The Bertz CT molecular complexity index is 412. The molecule has 2 atom stereocenters. The molecule has 98 valence electrons. The monoisotopic (exact) mass is 246 g/mol. The molecule has 2 rings (SSSR count). The predicted octanol–water partition coefficient (Wildman–Crippen LogP) is 2.38. The van der Waals surface area contributed by atoms with Gasteiger partial charge in [0.2, 0.25) is 5.91 Å². The lowest BCUT2D eigenvalue weighted by Crippen LogP contribution is -2.43. The van der Waals surface area contributed by atoms with E-state index in [4.69, 9.17) is 5.73 Å². The molecule has 0 spiro atoms. The molecule has 0 aromatic heterocycles. The van der Waals surface area contributed by atoms with Crippen LogP contribution < -0.4 is 11.1 Å². The summed E-state index contributed by atoms with van der Waals surface area (Å²) in [5.74, 6) is -0.245. The first-order chi connectivity index (χ1) is 8.50. The highest BCUT2D eigenvalue weighted by Gasteiger charge is 2.40. The smallest absolute Gasteiger partial charge is 0.234 e. The summed E-state index contributed by atoms with van der Waals surface area (Å²) in [6, 6.07) is 10.1. The first kappa shape index (κ1) is 13.1. The lowest BCUT2D eigenvalue weighted by atomic mass is 9.97. The number of carbonyl (C=O) groups excluding carboxylic acids is 1. The molecule has 1 amide bonds. The van der Waals surface area contributed by atoms with Gasteiger partial charge in [0, 0.05) is 6.04 Å². The zero-order chi connectivity index (χ0) is 13.2. The van der Waals surface area contributed by atoms with E-state index in [9.17, 15) is 4.79 Å². The third kappa shape index (κ3) is 3.33. The van der Waals surface area contributed by atoms with Crippen molar-refractivity contribution >= 4 is 5.91 Å². The second kappa shape index (κ2) is 5.11. The number of hydrogen-bond acceptors (Lipinski definition) is 2. The van der Waals surface area contributed by atoms with Gasteiger partial charge in [0.25, 0.3) is 0 Å². The van der Waals surface area contributed by atoms with E-state index in [1.54, 1.807) is 0 Å². The summed E-state index contributed by atoms with van der Waals surface area (Å²) in [6.45, 7) is 4.29. The standard InChI is InChI=1S/C15H22N2O/c1-11(12-6-4-3-5-7-12)17-13(14(16)18)10-15(2)8-9-15/h3-7,11,13,17H,8-10H2,1-2H3,(H2,16,18)/t11-,13-/m1/s1. The van der Waals surface area contributed by atoms with Gasteiger partial charge in [0.05, 0.1) is 6.04 Å². The summed E-state index contributed by atoms with van der Waals surface area (Å²) < 4.78 is 0. The number of nitrogens with one attached hydrogen (secondary N) is 1. The highest BCUT2D eigenvalue weighted by atomic mass is 16.1. The van der Waals surface area contributed by atoms with Crippen LogP contribution in [0.5, 0.6) is 0 Å². The molecule has 3 heteroatoms. The third-order valence-electron chi connectivity index (χ3n) is 3.89. The predicted molar refractivity (Wildman–Crippen MR) is 72.9 cm³/mol. The molecule has 3 N–H and O–H groups in total. The van der Waals surface area contributed by atoms with Crippen molar-refractivity contribution in [2.24, 2.45) is 11.1 Å². The van der Waals surface area contributed by atoms with E-state index in [0.29, 0.717) is 5.41 Å². The minimum absolute atomic E-state index is 0.144. The fourth-order valence-electron chi connectivity index (χ4n) is 2.29. The van der Waals surface area contributed by atoms with Crippen molar-refractivity contribution in [2.75, 3.05) is 0 Å². The lowest BCUT2D eigenvalue weighted by Gasteiger charge is -2.23. The number of carbonyl (C=O) groups is 1. The maximum atomic E-state index is 11.5. The average molecular weight is 246 g/mol. The molecule has 1 saturated carbocycles. The minimum atomic E-state index is -0.245. The molecule has 0 aliphatic heterocycles. The van der Waals surface area contributed by atoms with E-state index in [-0.39, 0.29) is 18.0 Å². The molecule has 0 radical (unpaired) electrons. The molecule has 3 nitrogen and oxygen atoms in total. The van der Waals surface area contributed by atoms with Crippen LogP contribution in [0, 0.1) is 5.41 Å². The van der Waals surface area contributed by atoms with Crippen molar-refractivity contribution < 1.29 is 4.79 Å². The highest BCUT2D eigenvalue weighted by molar-refractivity contribution is 5.80. The van der Waals surface area contributed by atoms with Gasteiger partial charge in [-0.25, -0.2) is 0 Å². The first-order valence-corrected chi connectivity index (χ1v) is 6.60. The van der Waals surface area contributed by atoms with Crippen LogP contribution in [0.1, 0.15) is 44.7 Å². The maximum absolute atomic E-state index is 11.5. The average Bonchev–Trinajstić information content (AvgIpc) is 3.07. The normalized spacial score (nSPS) is 20.1. The Morgan fingerprint density at radius 1 is 1.39 bits per heavy atom. The Morgan fingerprint density at radius 3 is 2.50 bits per heavy atom. The van der Waals surface area contributed by atoms with Crippen molar-refractivity contribution in [1.82, 2.24) is 5.32 Å². The number of benzene rings is 1. The molecule has 1 aromatic carbocycles. The van der Waals surface area contributed by atoms with Crippen molar-refractivity contribution in [2.45, 2.75) is 45.2 Å². The number of amides is 1. The fraction of sp³-hybridized carbons (Fsp3) is 0.533. The molecule has 0 unspecified atom stereocenters. The number of primary amides is 1. The molecule has 0 bridgehead atoms. The van der Waals surface area contributed by atoms with Crippen molar-refractivity contribution in [3.05, 3.63) is 35.9 Å². The topological polar surface area (TPSA) is 55.1 Å². The zero-order valence-corrected chi connectivity index (χ0v) is 11.1. The lowest BCUT2D eigenvalue weighted by molar-refractivity contribution is -0.120. The maximum Gasteiger partial charge on any atom is 0.234 e. The van der Waals surface area contributed by atoms with Crippen LogP contribution in [-0.2, 0) is 4.79 Å². The van der Waals surface area contributed by atoms with Gasteiger partial charge in [-0.2, -0.15) is 0 Å². The highest BCUT2D eigenvalue weighted by Crippen LogP contribution is 2.48. The quantitative estimate of drug-likeness (QED) is 0.809. The Balaban J connectivity index is 1.98. The summed E-state index contributed by atoms with van der Waals surface area (Å²) in [5.41, 5.74) is 7.00. The summed E-state index contributed by atoms with van der Waals surface area (Å²) >= 11 is 0.